The summed E-state index contributed by atoms with van der Waals surface area (Å²) in [5.41, 5.74) is 3.32. The first-order chi connectivity index (χ1) is 22.5. The summed E-state index contributed by atoms with van der Waals surface area (Å²) in [6.45, 7) is 4.32. The topological polar surface area (TPSA) is 87.1 Å². The molecule has 1 aliphatic carbocycles. The van der Waals surface area contributed by atoms with Gasteiger partial charge in [-0.25, -0.2) is 9.97 Å². The minimum Gasteiger partial charge on any atom is -0.497 e. The van der Waals surface area contributed by atoms with E-state index in [1.807, 2.05) is 30.5 Å². The Bertz CT molecular complexity index is 1690. The summed E-state index contributed by atoms with van der Waals surface area (Å²) in [6.07, 6.45) is 8.10. The van der Waals surface area contributed by atoms with Gasteiger partial charge in [0.05, 0.1) is 24.8 Å². The first-order valence-corrected chi connectivity index (χ1v) is 16.5. The molecule has 236 valence electrons. The predicted octanol–water partition coefficient (Wildman–Crippen LogP) is 7.31. The summed E-state index contributed by atoms with van der Waals surface area (Å²) in [5, 5.41) is 3.90. The minimum atomic E-state index is -0.796. The lowest BCUT2D eigenvalue weighted by atomic mass is 9.77. The summed E-state index contributed by atoms with van der Waals surface area (Å²) < 4.78 is 25.9. The number of nitrogens with one attached hydrogen (secondary N) is 1. The molecule has 4 heterocycles. The molecule has 3 aromatic carbocycles. The summed E-state index contributed by atoms with van der Waals surface area (Å²) in [6, 6.07) is 29.1. The van der Waals surface area contributed by atoms with E-state index >= 15 is 0 Å². The lowest BCUT2D eigenvalue weighted by molar-refractivity contribution is -0.220. The second-order valence-corrected chi connectivity index (χ2v) is 13.0. The molecule has 1 unspecified atom stereocenters. The molecule has 4 aliphatic rings. The number of rotatable bonds is 8. The molecule has 46 heavy (non-hydrogen) atoms. The first kappa shape index (κ1) is 29.3. The van der Waals surface area contributed by atoms with E-state index in [4.69, 9.17) is 33.9 Å². The number of ether oxygens (including phenoxy) is 4. The van der Waals surface area contributed by atoms with Crippen molar-refractivity contribution in [1.82, 2.24) is 9.97 Å². The SMILES string of the molecule is CC[C@H]1O[C@@H](C2C=Nc3c(NC(c4ccccc4)(c4ccccc4)c4ccc(OC)cc4)ncnc32)[C@]2(C)OC3(CCCC3)O[C@H]12. The molecule has 3 fully saturated rings. The molecule has 8 heteroatoms. The minimum absolute atomic E-state index is 0.0502. The second kappa shape index (κ2) is 11.3. The number of methoxy groups -OCH3 is 1. The number of aliphatic imine (C=N–C) groups is 1. The maximum absolute atomic E-state index is 6.92. The summed E-state index contributed by atoms with van der Waals surface area (Å²) in [4.78, 5) is 14.6. The van der Waals surface area contributed by atoms with E-state index in [1.165, 1.54) is 0 Å². The van der Waals surface area contributed by atoms with E-state index in [9.17, 15) is 0 Å². The molecule has 2 saturated heterocycles. The summed E-state index contributed by atoms with van der Waals surface area (Å²) in [7, 11) is 1.68. The first-order valence-electron chi connectivity index (χ1n) is 16.5. The van der Waals surface area contributed by atoms with Gasteiger partial charge in [-0.2, -0.15) is 0 Å². The number of nitrogens with zero attached hydrogens (tertiary/aromatic N) is 3. The predicted molar refractivity (Wildman–Crippen MR) is 177 cm³/mol. The van der Waals surface area contributed by atoms with Crippen molar-refractivity contribution in [2.45, 2.75) is 87.1 Å². The Balaban J connectivity index is 1.22. The lowest BCUT2D eigenvalue weighted by Gasteiger charge is -2.37. The molecule has 0 amide bonds. The van der Waals surface area contributed by atoms with Gasteiger partial charge in [0.15, 0.2) is 11.6 Å². The molecule has 1 saturated carbocycles. The number of fused-ring (bicyclic) bond motifs is 2. The fraction of sp³-hybridized carbons (Fsp3) is 0.395. The highest BCUT2D eigenvalue weighted by Gasteiger charge is 2.67. The molecule has 0 radical (unpaired) electrons. The third-order valence-corrected chi connectivity index (χ3v) is 10.4. The van der Waals surface area contributed by atoms with Gasteiger partial charge in [0.2, 0.25) is 0 Å². The maximum atomic E-state index is 6.92. The number of hydrogen-bond acceptors (Lipinski definition) is 8. The number of hydrogen-bond donors (Lipinski definition) is 1. The van der Waals surface area contributed by atoms with E-state index in [1.54, 1.807) is 13.4 Å². The van der Waals surface area contributed by atoms with Crippen LogP contribution < -0.4 is 10.1 Å². The van der Waals surface area contributed by atoms with Crippen molar-refractivity contribution in [2.75, 3.05) is 12.4 Å². The zero-order chi connectivity index (χ0) is 31.4. The average Bonchev–Trinajstić information content (AvgIpc) is 3.87. The van der Waals surface area contributed by atoms with Crippen molar-refractivity contribution in [3.05, 3.63) is 114 Å². The molecule has 4 aromatic rings. The highest BCUT2D eigenvalue weighted by Crippen LogP contribution is 2.56. The van der Waals surface area contributed by atoms with Gasteiger partial charge < -0.3 is 24.3 Å². The van der Waals surface area contributed by atoms with E-state index in [-0.39, 0.29) is 24.2 Å². The molecule has 1 N–H and O–H groups in total. The Hall–Kier alpha value is -4.11. The lowest BCUT2D eigenvalue weighted by Crippen LogP contribution is -2.46. The van der Waals surface area contributed by atoms with E-state index in [2.05, 4.69) is 79.8 Å². The van der Waals surface area contributed by atoms with Crippen LogP contribution in [0.4, 0.5) is 11.5 Å². The fourth-order valence-corrected chi connectivity index (χ4v) is 8.19. The van der Waals surface area contributed by atoms with Crippen molar-refractivity contribution < 1.29 is 18.9 Å². The van der Waals surface area contributed by atoms with Crippen LogP contribution in [0.25, 0.3) is 0 Å². The van der Waals surface area contributed by atoms with Gasteiger partial charge in [0, 0.05) is 19.1 Å². The van der Waals surface area contributed by atoms with Crippen molar-refractivity contribution >= 4 is 17.7 Å². The molecular weight excluding hydrogens is 576 g/mol. The van der Waals surface area contributed by atoms with Gasteiger partial charge >= 0.3 is 0 Å². The largest absolute Gasteiger partial charge is 0.497 e. The third-order valence-electron chi connectivity index (χ3n) is 10.4. The molecule has 5 atom stereocenters. The van der Waals surface area contributed by atoms with Crippen molar-refractivity contribution in [3.8, 4) is 5.75 Å². The highest BCUT2D eigenvalue weighted by molar-refractivity contribution is 5.85. The van der Waals surface area contributed by atoms with Crippen LogP contribution in [-0.2, 0) is 19.7 Å². The van der Waals surface area contributed by atoms with Crippen molar-refractivity contribution in [2.24, 2.45) is 4.99 Å². The molecule has 0 bridgehead atoms. The van der Waals surface area contributed by atoms with Crippen LogP contribution in [0.2, 0.25) is 0 Å². The van der Waals surface area contributed by atoms with E-state index < -0.39 is 16.9 Å². The molecule has 1 aromatic heterocycles. The Morgan fingerprint density at radius 3 is 2.15 bits per heavy atom. The Morgan fingerprint density at radius 1 is 0.870 bits per heavy atom. The van der Waals surface area contributed by atoms with Gasteiger partial charge in [-0.3, -0.25) is 4.99 Å². The van der Waals surface area contributed by atoms with Gasteiger partial charge in [-0.1, -0.05) is 79.7 Å². The van der Waals surface area contributed by atoms with Crippen LogP contribution in [0.15, 0.2) is 96.2 Å². The third kappa shape index (κ3) is 4.49. The number of anilines is 1. The Morgan fingerprint density at radius 2 is 1.52 bits per heavy atom. The van der Waals surface area contributed by atoms with Gasteiger partial charge in [-0.15, -0.1) is 0 Å². The molecule has 8 nitrogen and oxygen atoms in total. The van der Waals surface area contributed by atoms with Crippen LogP contribution >= 0.6 is 0 Å². The molecule has 3 aliphatic heterocycles. The molecular formula is C38H40N4O4. The van der Waals surface area contributed by atoms with Crippen molar-refractivity contribution in [1.29, 1.82) is 0 Å². The Kier molecular flexibility index (Phi) is 7.20. The van der Waals surface area contributed by atoms with Crippen molar-refractivity contribution in [3.63, 3.8) is 0 Å². The molecule has 8 rings (SSSR count). The van der Waals surface area contributed by atoms with Crippen LogP contribution in [-0.4, -0.2) is 53.0 Å². The van der Waals surface area contributed by atoms with E-state index in [0.717, 1.165) is 65.9 Å². The quantitative estimate of drug-likeness (QED) is 0.208. The maximum Gasteiger partial charge on any atom is 0.169 e. The number of aromatic nitrogens is 2. The monoisotopic (exact) mass is 616 g/mol. The van der Waals surface area contributed by atoms with E-state index in [0.29, 0.717) is 5.82 Å². The van der Waals surface area contributed by atoms with Crippen LogP contribution in [0.5, 0.6) is 5.75 Å². The van der Waals surface area contributed by atoms with Crippen LogP contribution in [0.3, 0.4) is 0 Å². The van der Waals surface area contributed by atoms with Gasteiger partial charge in [0.25, 0.3) is 0 Å². The Labute approximate surface area is 270 Å². The van der Waals surface area contributed by atoms with Gasteiger partial charge in [0.1, 0.15) is 41.1 Å². The number of benzene rings is 3. The van der Waals surface area contributed by atoms with Crippen LogP contribution in [0.1, 0.15) is 74.3 Å². The highest BCUT2D eigenvalue weighted by atomic mass is 16.8. The normalized spacial score (nSPS) is 27.5. The van der Waals surface area contributed by atoms with Crippen LogP contribution in [0, 0.1) is 0 Å². The standard InChI is InChI=1S/C38H40N4O4/c1-4-30-34-36(2,46-37(45-34)21-11-12-22-37)33(44-30)29-23-39-32-31(29)40-24-41-35(32)42-38(25-13-7-5-8-14-25,26-15-9-6-10-16-26)27-17-19-28(43-3)20-18-27/h5-10,13-20,23-24,29-30,33-34H,4,11-12,21-22H2,1-3H3,(H,40,41,42)/t29?,30-,33+,34-,36+/m1/s1. The smallest absolute Gasteiger partial charge is 0.169 e. The molecule has 1 spiro atoms. The summed E-state index contributed by atoms with van der Waals surface area (Å²) in [5.74, 6) is 0.733. The zero-order valence-electron chi connectivity index (χ0n) is 26.6. The van der Waals surface area contributed by atoms with Gasteiger partial charge in [-0.05, 0) is 55.0 Å². The summed E-state index contributed by atoms with van der Waals surface area (Å²) >= 11 is 0. The average molecular weight is 617 g/mol. The zero-order valence-corrected chi connectivity index (χ0v) is 26.6. The second-order valence-electron chi connectivity index (χ2n) is 13.0. The fourth-order valence-electron chi connectivity index (χ4n) is 8.19.